The van der Waals surface area contributed by atoms with Crippen molar-refractivity contribution >= 4 is 5.69 Å². The van der Waals surface area contributed by atoms with Crippen molar-refractivity contribution in [3.05, 3.63) is 61.0 Å². The quantitative estimate of drug-likeness (QED) is 0.800. The zero-order valence-corrected chi connectivity index (χ0v) is 14.6. The van der Waals surface area contributed by atoms with E-state index in [2.05, 4.69) is 47.0 Å². The lowest BCUT2D eigenvalue weighted by molar-refractivity contribution is 0.153. The third-order valence-corrected chi connectivity index (χ3v) is 4.75. The lowest BCUT2D eigenvalue weighted by Crippen LogP contribution is -2.45. The second-order valence-corrected chi connectivity index (χ2v) is 6.38. The van der Waals surface area contributed by atoms with Crippen molar-refractivity contribution in [2.75, 3.05) is 51.2 Å². The third kappa shape index (κ3) is 3.55. The van der Waals surface area contributed by atoms with Crippen molar-refractivity contribution in [1.82, 2.24) is 9.80 Å². The molecule has 1 saturated heterocycles. The molecule has 0 radical (unpaired) electrons. The summed E-state index contributed by atoms with van der Waals surface area (Å²) in [6.45, 7) is 14.6. The highest BCUT2D eigenvalue weighted by Crippen LogP contribution is 2.37. The normalized spacial score (nSPS) is 19.0. The van der Waals surface area contributed by atoms with Gasteiger partial charge in [-0.15, -0.1) is 0 Å². The highest BCUT2D eigenvalue weighted by molar-refractivity contribution is 5.67. The first-order valence-electron chi connectivity index (χ1n) is 8.67. The Morgan fingerprint density at radius 3 is 2.50 bits per heavy atom. The van der Waals surface area contributed by atoms with Crippen LogP contribution in [0.3, 0.4) is 0 Å². The zero-order valence-electron chi connectivity index (χ0n) is 14.6. The van der Waals surface area contributed by atoms with Crippen molar-refractivity contribution in [3.8, 4) is 5.75 Å². The Bertz CT molecular complexity index is 630. The lowest BCUT2D eigenvalue weighted by atomic mass is 10.1. The van der Waals surface area contributed by atoms with Crippen molar-refractivity contribution in [2.24, 2.45) is 0 Å². The number of allylic oxidation sites excluding steroid dienone is 2. The molecular weight excluding hydrogens is 298 g/mol. The van der Waals surface area contributed by atoms with E-state index < -0.39 is 0 Å². The molecule has 0 spiro atoms. The fraction of sp³-hybridized carbons (Fsp3) is 0.400. The van der Waals surface area contributed by atoms with Gasteiger partial charge in [-0.2, -0.15) is 0 Å². The first kappa shape index (κ1) is 16.8. The van der Waals surface area contributed by atoms with E-state index in [1.54, 1.807) is 6.08 Å². The Balaban J connectivity index is 1.69. The van der Waals surface area contributed by atoms with Gasteiger partial charge in [-0.1, -0.05) is 25.3 Å². The summed E-state index contributed by atoms with van der Waals surface area (Å²) in [5.74, 6) is 1.67. The molecule has 0 bridgehead atoms. The maximum absolute atomic E-state index is 5.96. The standard InChI is InChI=1S/C20H27N3O/c1-4-17-19(5-2)24-20-10-7-6-9-18(20)23(17)12-8-11-22-15-13-21(3)14-16-22/h4-7,9-10H,1-2,8,11-16H2,3H3. The minimum Gasteiger partial charge on any atom is -0.453 e. The molecule has 0 atom stereocenters. The monoisotopic (exact) mass is 325 g/mol. The van der Waals surface area contributed by atoms with E-state index in [-0.39, 0.29) is 0 Å². The number of ether oxygens (including phenoxy) is 1. The highest BCUT2D eigenvalue weighted by Gasteiger charge is 2.23. The molecule has 0 N–H and O–H groups in total. The Morgan fingerprint density at radius 2 is 1.79 bits per heavy atom. The van der Waals surface area contributed by atoms with E-state index in [1.807, 2.05) is 18.2 Å². The Labute approximate surface area is 145 Å². The van der Waals surface area contributed by atoms with E-state index in [1.165, 1.54) is 13.1 Å². The number of anilines is 1. The molecule has 1 fully saturated rings. The molecule has 0 unspecified atom stereocenters. The molecule has 2 heterocycles. The maximum atomic E-state index is 5.96. The molecular formula is C20H27N3O. The topological polar surface area (TPSA) is 19.0 Å². The van der Waals surface area contributed by atoms with Gasteiger partial charge in [0.2, 0.25) is 0 Å². The molecule has 4 heteroatoms. The fourth-order valence-corrected chi connectivity index (χ4v) is 3.32. The van der Waals surface area contributed by atoms with Crippen LogP contribution in [-0.4, -0.2) is 56.1 Å². The molecule has 2 aliphatic rings. The van der Waals surface area contributed by atoms with Gasteiger partial charge in [0.05, 0.1) is 11.4 Å². The van der Waals surface area contributed by atoms with Crippen LogP contribution in [0.1, 0.15) is 6.42 Å². The second-order valence-electron chi connectivity index (χ2n) is 6.38. The number of nitrogens with zero attached hydrogens (tertiary/aromatic N) is 3. The minimum atomic E-state index is 0.781. The third-order valence-electron chi connectivity index (χ3n) is 4.75. The minimum absolute atomic E-state index is 0.781. The second kappa shape index (κ2) is 7.69. The van der Waals surface area contributed by atoms with Crippen LogP contribution in [0, 0.1) is 0 Å². The summed E-state index contributed by atoms with van der Waals surface area (Å²) in [6.07, 6.45) is 4.74. The number of benzene rings is 1. The number of para-hydroxylation sites is 2. The van der Waals surface area contributed by atoms with E-state index in [4.69, 9.17) is 4.74 Å². The number of likely N-dealkylation sites (N-methyl/N-ethyl adjacent to an activating group) is 1. The summed E-state index contributed by atoms with van der Waals surface area (Å²) in [5.41, 5.74) is 2.11. The smallest absolute Gasteiger partial charge is 0.151 e. The van der Waals surface area contributed by atoms with Crippen molar-refractivity contribution in [1.29, 1.82) is 0 Å². The predicted octanol–water partition coefficient (Wildman–Crippen LogP) is 3.11. The van der Waals surface area contributed by atoms with Gasteiger partial charge in [0.15, 0.2) is 11.5 Å². The molecule has 0 amide bonds. The summed E-state index contributed by atoms with van der Waals surface area (Å²) >= 11 is 0. The van der Waals surface area contributed by atoms with Crippen molar-refractivity contribution in [3.63, 3.8) is 0 Å². The van der Waals surface area contributed by atoms with Gasteiger partial charge < -0.3 is 19.4 Å². The van der Waals surface area contributed by atoms with Crippen LogP contribution in [0.15, 0.2) is 61.0 Å². The summed E-state index contributed by atoms with van der Waals surface area (Å²) in [7, 11) is 2.19. The number of hydrogen-bond donors (Lipinski definition) is 0. The lowest BCUT2D eigenvalue weighted by Gasteiger charge is -2.35. The van der Waals surface area contributed by atoms with Crippen LogP contribution in [0.4, 0.5) is 5.69 Å². The highest BCUT2D eigenvalue weighted by atomic mass is 16.5. The molecule has 3 rings (SSSR count). The number of piperazine rings is 1. The average Bonchev–Trinajstić information content (AvgIpc) is 2.62. The van der Waals surface area contributed by atoms with E-state index in [0.29, 0.717) is 0 Å². The van der Waals surface area contributed by atoms with Gasteiger partial charge in [-0.3, -0.25) is 0 Å². The molecule has 0 saturated carbocycles. The summed E-state index contributed by atoms with van der Waals surface area (Å²) < 4.78 is 5.96. The van der Waals surface area contributed by atoms with Crippen LogP contribution in [0.25, 0.3) is 0 Å². The maximum Gasteiger partial charge on any atom is 0.151 e. The fourth-order valence-electron chi connectivity index (χ4n) is 3.32. The molecule has 1 aromatic carbocycles. The number of fused-ring (bicyclic) bond motifs is 1. The van der Waals surface area contributed by atoms with Crippen LogP contribution >= 0.6 is 0 Å². The summed E-state index contributed by atoms with van der Waals surface area (Å²) in [4.78, 5) is 7.25. The Hall–Kier alpha value is -2.04. The van der Waals surface area contributed by atoms with E-state index >= 15 is 0 Å². The van der Waals surface area contributed by atoms with Crippen molar-refractivity contribution < 1.29 is 4.74 Å². The van der Waals surface area contributed by atoms with E-state index in [9.17, 15) is 0 Å². The largest absolute Gasteiger partial charge is 0.453 e. The Morgan fingerprint density at radius 1 is 1.04 bits per heavy atom. The average molecular weight is 325 g/mol. The molecule has 128 valence electrons. The van der Waals surface area contributed by atoms with Gasteiger partial charge in [-0.25, -0.2) is 0 Å². The molecule has 4 nitrogen and oxygen atoms in total. The van der Waals surface area contributed by atoms with Crippen LogP contribution in [-0.2, 0) is 0 Å². The molecule has 0 aliphatic carbocycles. The zero-order chi connectivity index (χ0) is 16.9. The summed E-state index contributed by atoms with van der Waals surface area (Å²) in [6, 6.07) is 8.16. The molecule has 24 heavy (non-hydrogen) atoms. The first-order chi connectivity index (χ1) is 11.7. The molecule has 1 aromatic rings. The van der Waals surface area contributed by atoms with Crippen LogP contribution in [0.2, 0.25) is 0 Å². The van der Waals surface area contributed by atoms with Crippen LogP contribution in [0.5, 0.6) is 5.75 Å². The van der Waals surface area contributed by atoms with E-state index in [0.717, 1.165) is 55.5 Å². The number of rotatable bonds is 6. The van der Waals surface area contributed by atoms with Gasteiger partial charge in [0.1, 0.15) is 0 Å². The van der Waals surface area contributed by atoms with Gasteiger partial charge in [-0.05, 0) is 44.3 Å². The molecule has 0 aromatic heterocycles. The van der Waals surface area contributed by atoms with Crippen molar-refractivity contribution in [2.45, 2.75) is 6.42 Å². The summed E-state index contributed by atoms with van der Waals surface area (Å²) in [5, 5.41) is 0. The van der Waals surface area contributed by atoms with Gasteiger partial charge >= 0.3 is 0 Å². The predicted molar refractivity (Wildman–Crippen MR) is 100 cm³/mol. The number of hydrogen-bond acceptors (Lipinski definition) is 4. The SMILES string of the molecule is C=CC1=C(C=C)N(CCCN2CCN(C)CC2)c2ccccc2O1. The van der Waals surface area contributed by atoms with Crippen LogP contribution < -0.4 is 9.64 Å². The molecule has 2 aliphatic heterocycles. The first-order valence-corrected chi connectivity index (χ1v) is 8.67. The Kier molecular flexibility index (Phi) is 5.38. The van der Waals surface area contributed by atoms with Gasteiger partial charge in [0.25, 0.3) is 0 Å². The van der Waals surface area contributed by atoms with Gasteiger partial charge in [0, 0.05) is 32.7 Å².